The van der Waals surface area contributed by atoms with Crippen LogP contribution in [0.1, 0.15) is 16.1 Å². The van der Waals surface area contributed by atoms with E-state index >= 15 is 0 Å². The van der Waals surface area contributed by atoms with Crippen LogP contribution in [0.15, 0.2) is 47.4 Å². The number of para-hydroxylation sites is 1. The van der Waals surface area contributed by atoms with E-state index in [0.29, 0.717) is 5.69 Å². The van der Waals surface area contributed by atoms with Gasteiger partial charge in [-0.15, -0.1) is 0 Å². The lowest BCUT2D eigenvalue weighted by atomic mass is 10.2. The standard InChI is InChI=1S/C19H16FN3O4/c1-11-7-8-12-17(25)13(19(26)27-2)9-23(18(12)21-11)10-16(24)22-15-6-4-3-5-14(15)20/h3-9H,10H2,1-2H3,(H,22,24). The van der Waals surface area contributed by atoms with Crippen LogP contribution in [-0.4, -0.2) is 28.5 Å². The number of amides is 1. The molecule has 0 atom stereocenters. The normalized spacial score (nSPS) is 10.6. The molecule has 0 radical (unpaired) electrons. The molecule has 0 fully saturated rings. The number of rotatable bonds is 4. The quantitative estimate of drug-likeness (QED) is 0.713. The lowest BCUT2D eigenvalue weighted by Crippen LogP contribution is -2.25. The second kappa shape index (κ2) is 7.36. The first-order valence-corrected chi connectivity index (χ1v) is 8.04. The molecule has 1 N–H and O–H groups in total. The molecule has 2 heterocycles. The Morgan fingerprint density at radius 1 is 1.22 bits per heavy atom. The van der Waals surface area contributed by atoms with E-state index in [0.717, 1.165) is 7.11 Å². The van der Waals surface area contributed by atoms with Crippen molar-refractivity contribution in [3.05, 3.63) is 69.9 Å². The SMILES string of the molecule is COC(=O)c1cn(CC(=O)Nc2ccccc2F)c2nc(C)ccc2c1=O. The van der Waals surface area contributed by atoms with E-state index in [1.165, 1.54) is 35.0 Å². The lowest BCUT2D eigenvalue weighted by molar-refractivity contribution is -0.116. The highest BCUT2D eigenvalue weighted by Crippen LogP contribution is 2.14. The van der Waals surface area contributed by atoms with E-state index in [4.69, 9.17) is 0 Å². The topological polar surface area (TPSA) is 90.3 Å². The van der Waals surface area contributed by atoms with Crippen LogP contribution >= 0.6 is 0 Å². The maximum Gasteiger partial charge on any atom is 0.343 e. The number of esters is 1. The van der Waals surface area contributed by atoms with E-state index in [1.807, 2.05) is 0 Å². The van der Waals surface area contributed by atoms with E-state index in [-0.39, 0.29) is 28.8 Å². The molecule has 0 saturated heterocycles. The maximum atomic E-state index is 13.7. The number of hydrogen-bond acceptors (Lipinski definition) is 5. The Morgan fingerprint density at radius 3 is 2.67 bits per heavy atom. The Hall–Kier alpha value is -3.55. The average molecular weight is 369 g/mol. The van der Waals surface area contributed by atoms with E-state index < -0.39 is 23.1 Å². The number of ether oxygens (including phenoxy) is 1. The van der Waals surface area contributed by atoms with Gasteiger partial charge in [0.1, 0.15) is 23.6 Å². The fraction of sp³-hybridized carbons (Fsp3) is 0.158. The summed E-state index contributed by atoms with van der Waals surface area (Å²) in [7, 11) is 1.16. The fourth-order valence-electron chi connectivity index (χ4n) is 2.64. The molecule has 3 aromatic rings. The maximum absolute atomic E-state index is 13.7. The number of carbonyl (C=O) groups is 2. The van der Waals surface area contributed by atoms with Crippen LogP contribution in [0, 0.1) is 12.7 Å². The summed E-state index contributed by atoms with van der Waals surface area (Å²) in [5.41, 5.74) is 0.168. The van der Waals surface area contributed by atoms with Gasteiger partial charge in [-0.1, -0.05) is 12.1 Å². The molecule has 1 aromatic carbocycles. The monoisotopic (exact) mass is 369 g/mol. The van der Waals surface area contributed by atoms with Crippen LogP contribution in [0.25, 0.3) is 11.0 Å². The molecule has 8 heteroatoms. The number of aryl methyl sites for hydroxylation is 1. The summed E-state index contributed by atoms with van der Waals surface area (Å²) >= 11 is 0. The lowest BCUT2D eigenvalue weighted by Gasteiger charge is -2.13. The van der Waals surface area contributed by atoms with Crippen molar-refractivity contribution < 1.29 is 18.7 Å². The molecule has 0 unspecified atom stereocenters. The summed E-state index contributed by atoms with van der Waals surface area (Å²) in [6.07, 6.45) is 1.23. The second-order valence-corrected chi connectivity index (χ2v) is 5.84. The summed E-state index contributed by atoms with van der Waals surface area (Å²) in [4.78, 5) is 41.1. The summed E-state index contributed by atoms with van der Waals surface area (Å²) < 4.78 is 19.7. The van der Waals surface area contributed by atoms with Crippen molar-refractivity contribution in [1.82, 2.24) is 9.55 Å². The number of fused-ring (bicyclic) bond motifs is 1. The third-order valence-corrected chi connectivity index (χ3v) is 3.93. The van der Waals surface area contributed by atoms with Crippen LogP contribution < -0.4 is 10.7 Å². The predicted octanol–water partition coefficient (Wildman–Crippen LogP) is 2.27. The van der Waals surface area contributed by atoms with Crippen molar-refractivity contribution in [2.24, 2.45) is 0 Å². The zero-order valence-corrected chi connectivity index (χ0v) is 14.7. The molecule has 0 bridgehead atoms. The smallest absolute Gasteiger partial charge is 0.343 e. The number of nitrogens with zero attached hydrogens (tertiary/aromatic N) is 2. The third kappa shape index (κ3) is 3.69. The van der Waals surface area contributed by atoms with E-state index in [9.17, 15) is 18.8 Å². The number of halogens is 1. The first-order valence-electron chi connectivity index (χ1n) is 8.04. The van der Waals surface area contributed by atoms with Crippen LogP contribution in [0.2, 0.25) is 0 Å². The van der Waals surface area contributed by atoms with Gasteiger partial charge in [-0.05, 0) is 31.2 Å². The molecule has 0 saturated carbocycles. The average Bonchev–Trinajstić information content (AvgIpc) is 2.65. The Kier molecular flexibility index (Phi) is 4.98. The molecule has 27 heavy (non-hydrogen) atoms. The number of hydrogen-bond donors (Lipinski definition) is 1. The van der Waals surface area contributed by atoms with E-state index in [1.54, 1.807) is 19.1 Å². The number of aromatic nitrogens is 2. The van der Waals surface area contributed by atoms with Gasteiger partial charge in [-0.3, -0.25) is 9.59 Å². The van der Waals surface area contributed by atoms with Crippen molar-refractivity contribution in [2.75, 3.05) is 12.4 Å². The fourth-order valence-corrected chi connectivity index (χ4v) is 2.64. The van der Waals surface area contributed by atoms with Gasteiger partial charge >= 0.3 is 5.97 Å². The summed E-state index contributed by atoms with van der Waals surface area (Å²) in [5.74, 6) is -1.92. The van der Waals surface area contributed by atoms with Gasteiger partial charge in [0, 0.05) is 11.9 Å². The molecular weight excluding hydrogens is 353 g/mol. The van der Waals surface area contributed by atoms with Crippen molar-refractivity contribution in [2.45, 2.75) is 13.5 Å². The Morgan fingerprint density at radius 2 is 1.96 bits per heavy atom. The van der Waals surface area contributed by atoms with Gasteiger partial charge in [0.2, 0.25) is 11.3 Å². The molecular formula is C19H16FN3O4. The van der Waals surface area contributed by atoms with Crippen molar-refractivity contribution >= 4 is 28.6 Å². The van der Waals surface area contributed by atoms with Crippen LogP contribution in [-0.2, 0) is 16.1 Å². The number of anilines is 1. The van der Waals surface area contributed by atoms with Gasteiger partial charge < -0.3 is 14.6 Å². The van der Waals surface area contributed by atoms with Gasteiger partial charge in [0.25, 0.3) is 0 Å². The summed E-state index contributed by atoms with van der Waals surface area (Å²) in [6, 6.07) is 8.93. The Bertz CT molecular complexity index is 1110. The van der Waals surface area contributed by atoms with Crippen LogP contribution in [0.3, 0.4) is 0 Å². The molecule has 0 aliphatic carbocycles. The minimum Gasteiger partial charge on any atom is -0.465 e. The third-order valence-electron chi connectivity index (χ3n) is 3.93. The van der Waals surface area contributed by atoms with Crippen LogP contribution in [0.4, 0.5) is 10.1 Å². The van der Waals surface area contributed by atoms with E-state index in [2.05, 4.69) is 15.0 Å². The molecule has 138 valence electrons. The number of carbonyl (C=O) groups excluding carboxylic acids is 2. The first-order chi connectivity index (χ1) is 12.9. The van der Waals surface area contributed by atoms with Gasteiger partial charge in [0.05, 0.1) is 18.2 Å². The molecule has 1 amide bonds. The molecule has 0 aliphatic rings. The Labute approximate surface area is 153 Å². The highest BCUT2D eigenvalue weighted by Gasteiger charge is 2.18. The highest BCUT2D eigenvalue weighted by atomic mass is 19.1. The molecule has 0 aliphatic heterocycles. The minimum atomic E-state index is -0.814. The van der Waals surface area contributed by atoms with Crippen molar-refractivity contribution in [3.63, 3.8) is 0 Å². The number of methoxy groups -OCH3 is 1. The van der Waals surface area contributed by atoms with Gasteiger partial charge in [0.15, 0.2) is 0 Å². The van der Waals surface area contributed by atoms with Crippen LogP contribution in [0.5, 0.6) is 0 Å². The summed E-state index contributed by atoms with van der Waals surface area (Å²) in [5, 5.41) is 2.64. The minimum absolute atomic E-state index is 0.0326. The van der Waals surface area contributed by atoms with Gasteiger partial charge in [-0.2, -0.15) is 0 Å². The number of pyridine rings is 2. The molecule has 3 rings (SSSR count). The van der Waals surface area contributed by atoms with Crippen molar-refractivity contribution in [1.29, 1.82) is 0 Å². The molecule has 2 aromatic heterocycles. The largest absolute Gasteiger partial charge is 0.465 e. The first kappa shape index (κ1) is 18.2. The summed E-state index contributed by atoms with van der Waals surface area (Å²) in [6.45, 7) is 1.47. The Balaban J connectivity index is 2.04. The zero-order valence-electron chi connectivity index (χ0n) is 14.7. The number of nitrogens with one attached hydrogen (secondary N) is 1. The predicted molar refractivity (Wildman–Crippen MR) is 97.1 cm³/mol. The molecule has 0 spiro atoms. The van der Waals surface area contributed by atoms with Gasteiger partial charge in [-0.25, -0.2) is 14.2 Å². The zero-order chi connectivity index (χ0) is 19.6. The molecule has 7 nitrogen and oxygen atoms in total. The van der Waals surface area contributed by atoms with Crippen molar-refractivity contribution in [3.8, 4) is 0 Å². The highest BCUT2D eigenvalue weighted by molar-refractivity contribution is 5.94. The number of benzene rings is 1. The second-order valence-electron chi connectivity index (χ2n) is 5.84.